The second-order valence-electron chi connectivity index (χ2n) is 13.6. The zero-order valence-electron chi connectivity index (χ0n) is 25.8. The summed E-state index contributed by atoms with van der Waals surface area (Å²) < 4.78 is 6.64. The topological polar surface area (TPSA) is 0 Å². The van der Waals surface area contributed by atoms with Gasteiger partial charge < -0.3 is 0 Å². The molecule has 0 aromatic heterocycles. The van der Waals surface area contributed by atoms with Gasteiger partial charge in [-0.2, -0.15) is 0 Å². The molecule has 5 aromatic carbocycles. The van der Waals surface area contributed by atoms with Gasteiger partial charge in [0.05, 0.1) is 0 Å². The summed E-state index contributed by atoms with van der Waals surface area (Å²) in [6.45, 7) is 7.76. The van der Waals surface area contributed by atoms with Gasteiger partial charge in [0, 0.05) is 0 Å². The van der Waals surface area contributed by atoms with Crippen molar-refractivity contribution in [3.63, 3.8) is 0 Å². The van der Waals surface area contributed by atoms with Crippen LogP contribution in [0.2, 0.25) is 15.8 Å². The summed E-state index contributed by atoms with van der Waals surface area (Å²) >= 11 is -3.00. The Morgan fingerprint density at radius 2 is 0.884 bits per heavy atom. The molecule has 0 amide bonds. The van der Waals surface area contributed by atoms with Gasteiger partial charge in [-0.1, -0.05) is 0 Å². The first-order valence-corrected chi connectivity index (χ1v) is 26.0. The van der Waals surface area contributed by atoms with E-state index in [1.165, 1.54) is 27.4 Å². The van der Waals surface area contributed by atoms with E-state index in [1.807, 2.05) is 0 Å². The van der Waals surface area contributed by atoms with E-state index in [1.54, 1.807) is 43.8 Å². The van der Waals surface area contributed by atoms with Crippen LogP contribution in [0.15, 0.2) is 139 Å². The fourth-order valence-corrected chi connectivity index (χ4v) is 27.6. The first kappa shape index (κ1) is 27.2. The van der Waals surface area contributed by atoms with Crippen molar-refractivity contribution in [3.8, 4) is 22.3 Å². The Hall–Kier alpha value is -3.32. The summed E-state index contributed by atoms with van der Waals surface area (Å²) in [5.74, 6) is 0. The van der Waals surface area contributed by atoms with Gasteiger partial charge in [0.25, 0.3) is 0 Å². The van der Waals surface area contributed by atoms with Crippen LogP contribution >= 0.6 is 0 Å². The first-order chi connectivity index (χ1) is 20.8. The Kier molecular flexibility index (Phi) is 6.24. The summed E-state index contributed by atoms with van der Waals surface area (Å²) in [7, 11) is -2.50. The third kappa shape index (κ3) is 3.69. The van der Waals surface area contributed by atoms with E-state index in [2.05, 4.69) is 157 Å². The average molecular weight is 650 g/mol. The van der Waals surface area contributed by atoms with Crippen molar-refractivity contribution < 1.29 is 20.3 Å². The molecule has 2 aliphatic carbocycles. The Bertz CT molecular complexity index is 1840. The monoisotopic (exact) mass is 648 g/mol. The van der Waals surface area contributed by atoms with Crippen molar-refractivity contribution in [1.82, 2.24) is 0 Å². The Labute approximate surface area is 262 Å². The Balaban J connectivity index is 1.54. The SMILES string of the molecule is CC1=C2c3c(-c4ccccc4)cccc3[CH]1[Zr]([CH3])([CH3])[CH]1C(C)=C(c3c(-c4ccccc4)cccc31)[Si]2(C)c1ccccc1. The van der Waals surface area contributed by atoms with Gasteiger partial charge in [0.1, 0.15) is 0 Å². The number of rotatable bonds is 3. The molecular formula is C41H38SiZr. The Morgan fingerprint density at radius 1 is 0.488 bits per heavy atom. The van der Waals surface area contributed by atoms with Crippen LogP contribution in [0.3, 0.4) is 0 Å². The molecule has 2 unspecified atom stereocenters. The number of fused-ring (bicyclic) bond motifs is 8. The molecule has 2 atom stereocenters. The molecule has 8 rings (SSSR count). The van der Waals surface area contributed by atoms with E-state index in [4.69, 9.17) is 0 Å². The van der Waals surface area contributed by atoms with Gasteiger partial charge in [0.15, 0.2) is 0 Å². The van der Waals surface area contributed by atoms with Crippen LogP contribution in [0.4, 0.5) is 0 Å². The van der Waals surface area contributed by atoms with E-state index in [0.717, 1.165) is 0 Å². The van der Waals surface area contributed by atoms with Gasteiger partial charge in [-0.05, 0) is 0 Å². The van der Waals surface area contributed by atoms with E-state index in [9.17, 15) is 0 Å². The molecule has 210 valence electrons. The molecular weight excluding hydrogens is 612 g/mol. The molecule has 0 nitrogen and oxygen atoms in total. The van der Waals surface area contributed by atoms with Crippen molar-refractivity contribution in [2.24, 2.45) is 0 Å². The summed E-state index contributed by atoms with van der Waals surface area (Å²) in [5, 5.41) is 4.90. The second kappa shape index (κ2) is 9.85. The van der Waals surface area contributed by atoms with Crippen LogP contribution in [0.1, 0.15) is 43.4 Å². The number of allylic oxidation sites excluding steroid dienone is 2. The molecule has 0 saturated heterocycles. The summed E-state index contributed by atoms with van der Waals surface area (Å²) in [4.78, 5) is 0. The van der Waals surface area contributed by atoms with Crippen molar-refractivity contribution in [1.29, 1.82) is 0 Å². The van der Waals surface area contributed by atoms with Crippen LogP contribution in [-0.2, 0) is 20.3 Å². The summed E-state index contributed by atoms with van der Waals surface area (Å²) in [6, 6.07) is 48.4. The molecule has 1 aliphatic heterocycles. The summed E-state index contributed by atoms with van der Waals surface area (Å²) in [5.41, 5.74) is 15.2. The van der Waals surface area contributed by atoms with E-state index < -0.39 is 28.3 Å². The van der Waals surface area contributed by atoms with E-state index in [-0.39, 0.29) is 0 Å². The van der Waals surface area contributed by atoms with Crippen LogP contribution in [0.25, 0.3) is 32.6 Å². The predicted octanol–water partition coefficient (Wildman–Crippen LogP) is 10.7. The van der Waals surface area contributed by atoms with Gasteiger partial charge >= 0.3 is 264 Å². The van der Waals surface area contributed by atoms with Gasteiger partial charge in [-0.25, -0.2) is 0 Å². The van der Waals surface area contributed by atoms with Crippen molar-refractivity contribution >= 4 is 23.7 Å². The molecule has 5 aromatic rings. The normalized spacial score (nSPS) is 23.1. The van der Waals surface area contributed by atoms with E-state index in [0.29, 0.717) is 7.25 Å². The standard InChI is InChI=1S/C39H32Si.2CH3.Zr/c1-27-25-31-19-13-23-34(29-15-7-4-8-16-29)36(31)38(27)40(3,33-21-11-6-12-22-33)39-28(2)26-32-20-14-24-35(37(32)39)30-17-9-5-10-18-30;;;/h4-26H,1-3H3;2*1H3;. The zero-order chi connectivity index (χ0) is 29.5. The minimum absolute atomic E-state index is 0.561. The minimum atomic E-state index is -3.00. The third-order valence-electron chi connectivity index (χ3n) is 11.0. The maximum absolute atomic E-state index is 3.00. The first-order valence-electron chi connectivity index (χ1n) is 15.7. The molecule has 0 N–H and O–H groups in total. The van der Waals surface area contributed by atoms with Gasteiger partial charge in [-0.3, -0.25) is 0 Å². The number of hydrogen-bond acceptors (Lipinski definition) is 0. The summed E-state index contributed by atoms with van der Waals surface area (Å²) in [6.07, 6.45) is 0. The molecule has 0 spiro atoms. The molecule has 0 fully saturated rings. The fraction of sp³-hybridized carbons (Fsp3) is 0.171. The van der Waals surface area contributed by atoms with Crippen molar-refractivity contribution in [2.75, 3.05) is 0 Å². The van der Waals surface area contributed by atoms with Gasteiger partial charge in [0.2, 0.25) is 0 Å². The average Bonchev–Trinajstić information content (AvgIpc) is 3.54. The van der Waals surface area contributed by atoms with Crippen molar-refractivity contribution in [2.45, 2.75) is 36.9 Å². The quantitative estimate of drug-likeness (QED) is 0.171. The van der Waals surface area contributed by atoms with Crippen LogP contribution in [0, 0.1) is 0 Å². The Morgan fingerprint density at radius 3 is 1.30 bits per heavy atom. The molecule has 4 bridgehead atoms. The van der Waals surface area contributed by atoms with Gasteiger partial charge in [-0.15, -0.1) is 0 Å². The van der Waals surface area contributed by atoms with Crippen molar-refractivity contribution in [3.05, 3.63) is 161 Å². The van der Waals surface area contributed by atoms with Crippen LogP contribution in [-0.4, -0.2) is 8.07 Å². The second-order valence-corrected chi connectivity index (χ2v) is 29.2. The van der Waals surface area contributed by atoms with Crippen LogP contribution < -0.4 is 5.19 Å². The number of hydrogen-bond donors (Lipinski definition) is 0. The fourth-order valence-electron chi connectivity index (χ4n) is 9.60. The zero-order valence-corrected chi connectivity index (χ0v) is 29.2. The van der Waals surface area contributed by atoms with Crippen LogP contribution in [0.5, 0.6) is 0 Å². The molecule has 0 saturated carbocycles. The predicted molar refractivity (Wildman–Crippen MR) is 184 cm³/mol. The molecule has 43 heavy (non-hydrogen) atoms. The molecule has 3 aliphatic rings. The maximum atomic E-state index is 2.76. The van der Waals surface area contributed by atoms with E-state index >= 15 is 0 Å². The third-order valence-corrected chi connectivity index (χ3v) is 26.7. The number of benzene rings is 5. The molecule has 1 heterocycles. The molecule has 0 radical (unpaired) electrons. The molecule has 2 heteroatoms.